The Bertz CT molecular complexity index is 699. The average molecular weight is 441 g/mol. The van der Waals surface area contributed by atoms with Gasteiger partial charge in [0.1, 0.15) is 18.5 Å². The maximum absolute atomic E-state index is 12.8. The molecule has 30 heavy (non-hydrogen) atoms. The van der Waals surface area contributed by atoms with Crippen molar-refractivity contribution < 1.29 is 19.2 Å². The highest BCUT2D eigenvalue weighted by Crippen LogP contribution is 2.61. The van der Waals surface area contributed by atoms with E-state index in [9.17, 15) is 9.59 Å². The number of ketones is 1. The second kappa shape index (κ2) is 9.15. The van der Waals surface area contributed by atoms with Gasteiger partial charge in [0.15, 0.2) is 0 Å². The van der Waals surface area contributed by atoms with Crippen LogP contribution in [0.2, 0.25) is 0 Å². The number of nitrogens with one attached hydrogen (secondary N) is 1. The third-order valence-corrected chi connectivity index (χ3v) is 8.66. The zero-order chi connectivity index (χ0) is 20.6. The summed E-state index contributed by atoms with van der Waals surface area (Å²) in [6.07, 6.45) is 7.50. The van der Waals surface area contributed by atoms with Crippen LogP contribution < -0.4 is 5.32 Å². The first-order valence-electron chi connectivity index (χ1n) is 11.4. The number of ether oxygens (including phenoxy) is 1. The third-order valence-electron chi connectivity index (χ3n) is 8.66. The van der Waals surface area contributed by atoms with Crippen molar-refractivity contribution in [2.75, 3.05) is 20.2 Å². The molecule has 6 atom stereocenters. The van der Waals surface area contributed by atoms with Gasteiger partial charge in [-0.05, 0) is 69.9 Å². The molecule has 4 fully saturated rings. The number of fused-ring (bicyclic) bond motifs is 5. The predicted molar refractivity (Wildman–Crippen MR) is 118 cm³/mol. The van der Waals surface area contributed by atoms with Crippen LogP contribution in [0.5, 0.6) is 0 Å². The molecular weight excluding hydrogens is 404 g/mol. The molecule has 0 aromatic carbocycles. The van der Waals surface area contributed by atoms with Gasteiger partial charge in [0.05, 0.1) is 5.71 Å². The summed E-state index contributed by atoms with van der Waals surface area (Å²) in [5.74, 6) is 1.07. The fourth-order valence-corrected chi connectivity index (χ4v) is 6.68. The SMILES string of the molecule is CNCCCO/N=C1/CC[C@@]2(C)C(CC(=O)O[C@@H]3[C@@H]2CC[C@]2(C)C(=O)CC[C@@H]32)C1.Cl. The molecule has 3 saturated carbocycles. The van der Waals surface area contributed by atoms with Crippen LogP contribution in [0.25, 0.3) is 0 Å². The molecular formula is C23H37ClN2O4. The lowest BCUT2D eigenvalue weighted by molar-refractivity contribution is -0.165. The molecule has 0 bridgehead atoms. The number of oxime groups is 1. The number of carbonyl (C=O) groups is 2. The fraction of sp³-hybridized carbons (Fsp3) is 0.870. The fourth-order valence-electron chi connectivity index (χ4n) is 6.68. The molecule has 0 spiro atoms. The van der Waals surface area contributed by atoms with Gasteiger partial charge in [-0.1, -0.05) is 19.0 Å². The summed E-state index contributed by atoms with van der Waals surface area (Å²) in [4.78, 5) is 30.9. The van der Waals surface area contributed by atoms with E-state index in [1.807, 2.05) is 7.05 Å². The van der Waals surface area contributed by atoms with E-state index in [0.717, 1.165) is 57.2 Å². The highest BCUT2D eigenvalue weighted by molar-refractivity contribution is 5.88. The van der Waals surface area contributed by atoms with Gasteiger partial charge in [-0.3, -0.25) is 9.59 Å². The quantitative estimate of drug-likeness (QED) is 0.398. The van der Waals surface area contributed by atoms with Gasteiger partial charge >= 0.3 is 5.97 Å². The third kappa shape index (κ3) is 4.02. The minimum Gasteiger partial charge on any atom is -0.462 e. The number of Topliss-reactive ketones (excluding diaryl/α,β-unsaturated/α-hetero) is 1. The Morgan fingerprint density at radius 1 is 1.13 bits per heavy atom. The Kier molecular flexibility index (Phi) is 7.18. The molecule has 1 saturated heterocycles. The Hall–Kier alpha value is -1.14. The molecule has 1 unspecified atom stereocenters. The van der Waals surface area contributed by atoms with E-state index in [2.05, 4.69) is 24.3 Å². The number of nitrogens with zero attached hydrogens (tertiary/aromatic N) is 1. The predicted octanol–water partition coefficient (Wildman–Crippen LogP) is 3.91. The van der Waals surface area contributed by atoms with Crippen LogP contribution in [0.15, 0.2) is 5.16 Å². The minimum absolute atomic E-state index is 0. The van der Waals surface area contributed by atoms with Gasteiger partial charge in [0.25, 0.3) is 0 Å². The highest BCUT2D eigenvalue weighted by atomic mass is 35.5. The van der Waals surface area contributed by atoms with Crippen molar-refractivity contribution in [1.82, 2.24) is 5.32 Å². The van der Waals surface area contributed by atoms with Crippen molar-refractivity contribution in [3.05, 3.63) is 0 Å². The smallest absolute Gasteiger partial charge is 0.306 e. The molecule has 4 aliphatic rings. The van der Waals surface area contributed by atoms with Gasteiger partial charge < -0.3 is 14.9 Å². The summed E-state index contributed by atoms with van der Waals surface area (Å²) in [6, 6.07) is 0. The van der Waals surface area contributed by atoms with E-state index in [4.69, 9.17) is 9.57 Å². The zero-order valence-electron chi connectivity index (χ0n) is 18.6. The van der Waals surface area contributed by atoms with Crippen LogP contribution >= 0.6 is 12.4 Å². The highest BCUT2D eigenvalue weighted by Gasteiger charge is 2.61. The number of hydrogen-bond acceptors (Lipinski definition) is 6. The van der Waals surface area contributed by atoms with Crippen LogP contribution in [0.4, 0.5) is 0 Å². The molecule has 0 amide bonds. The number of halogens is 1. The zero-order valence-corrected chi connectivity index (χ0v) is 19.4. The topological polar surface area (TPSA) is 77.0 Å². The van der Waals surface area contributed by atoms with Crippen LogP contribution in [0, 0.1) is 28.6 Å². The van der Waals surface area contributed by atoms with E-state index >= 15 is 0 Å². The van der Waals surface area contributed by atoms with Crippen molar-refractivity contribution in [2.24, 2.45) is 33.7 Å². The van der Waals surface area contributed by atoms with Crippen molar-refractivity contribution in [3.8, 4) is 0 Å². The molecule has 4 rings (SSSR count). The maximum atomic E-state index is 12.8. The lowest BCUT2D eigenvalue weighted by Crippen LogP contribution is -2.52. The number of hydrogen-bond donors (Lipinski definition) is 1. The summed E-state index contributed by atoms with van der Waals surface area (Å²) >= 11 is 0. The van der Waals surface area contributed by atoms with Gasteiger partial charge in [-0.25, -0.2) is 0 Å². The molecule has 0 aromatic rings. The van der Waals surface area contributed by atoms with Gasteiger partial charge in [-0.2, -0.15) is 0 Å². The minimum atomic E-state index is -0.292. The summed E-state index contributed by atoms with van der Waals surface area (Å²) in [5.41, 5.74) is 0.856. The Morgan fingerprint density at radius 2 is 1.93 bits per heavy atom. The molecule has 1 N–H and O–H groups in total. The number of esters is 1. The second-order valence-electron chi connectivity index (χ2n) is 10.1. The van der Waals surface area contributed by atoms with E-state index in [0.29, 0.717) is 31.1 Å². The van der Waals surface area contributed by atoms with E-state index in [1.165, 1.54) is 0 Å². The second-order valence-corrected chi connectivity index (χ2v) is 10.1. The van der Waals surface area contributed by atoms with Crippen molar-refractivity contribution in [2.45, 2.75) is 77.7 Å². The van der Waals surface area contributed by atoms with E-state index in [-0.39, 0.29) is 47.1 Å². The normalized spacial score (nSPS) is 41.8. The van der Waals surface area contributed by atoms with Gasteiger partial charge in [0, 0.05) is 30.1 Å². The van der Waals surface area contributed by atoms with Crippen molar-refractivity contribution in [1.29, 1.82) is 0 Å². The molecule has 170 valence electrons. The van der Waals surface area contributed by atoms with E-state index < -0.39 is 0 Å². The lowest BCUT2D eigenvalue weighted by atomic mass is 9.52. The summed E-state index contributed by atoms with van der Waals surface area (Å²) in [7, 11) is 1.93. The summed E-state index contributed by atoms with van der Waals surface area (Å²) in [6.45, 7) is 6.01. The number of carbonyl (C=O) groups excluding carboxylic acids is 2. The van der Waals surface area contributed by atoms with Crippen LogP contribution in [0.1, 0.15) is 71.6 Å². The van der Waals surface area contributed by atoms with Gasteiger partial charge in [0.2, 0.25) is 0 Å². The van der Waals surface area contributed by atoms with Crippen molar-refractivity contribution >= 4 is 29.9 Å². The molecule has 3 aliphatic carbocycles. The average Bonchev–Trinajstić information content (AvgIpc) is 2.93. The van der Waals surface area contributed by atoms with Crippen LogP contribution in [0.3, 0.4) is 0 Å². The van der Waals surface area contributed by atoms with Crippen LogP contribution in [-0.2, 0) is 19.2 Å². The maximum Gasteiger partial charge on any atom is 0.306 e. The first-order chi connectivity index (χ1) is 13.9. The molecule has 6 nitrogen and oxygen atoms in total. The summed E-state index contributed by atoms with van der Waals surface area (Å²) < 4.78 is 6.09. The van der Waals surface area contributed by atoms with Crippen LogP contribution in [-0.4, -0.2) is 43.8 Å². The number of rotatable bonds is 5. The molecule has 1 aliphatic heterocycles. The molecule has 0 radical (unpaired) electrons. The Labute approximate surface area is 186 Å². The monoisotopic (exact) mass is 440 g/mol. The Morgan fingerprint density at radius 3 is 2.70 bits per heavy atom. The van der Waals surface area contributed by atoms with Gasteiger partial charge in [-0.15, -0.1) is 12.4 Å². The molecule has 0 aromatic heterocycles. The first kappa shape index (κ1) is 23.5. The molecule has 1 heterocycles. The largest absolute Gasteiger partial charge is 0.462 e. The standard InChI is InChI=1S/C23H36N2O4.ClH/c1-22-9-7-16(25-28-12-4-11-24-3)13-15(22)14-20(27)29-21-17-5-6-19(26)23(17,2)10-8-18(21)22;/h15,17-18,21,24H,4-14H2,1-3H3;1H/b25-16-;/t15?,17-,18-,21-,22-,23-;/m0./s1. The van der Waals surface area contributed by atoms with E-state index in [1.54, 1.807) is 0 Å². The first-order valence-corrected chi connectivity index (χ1v) is 11.4. The van der Waals surface area contributed by atoms with Crippen molar-refractivity contribution in [3.63, 3.8) is 0 Å². The lowest BCUT2D eigenvalue weighted by Gasteiger charge is -2.52. The Balaban J connectivity index is 0.00000256. The summed E-state index contributed by atoms with van der Waals surface area (Å²) in [5, 5.41) is 7.51. The molecule has 7 heteroatoms.